The third-order valence-corrected chi connectivity index (χ3v) is 2.76. The first-order valence-corrected chi connectivity index (χ1v) is 6.94. The zero-order valence-electron chi connectivity index (χ0n) is 11.6. The highest BCUT2D eigenvalue weighted by Gasteiger charge is 1.85. The Balaban J connectivity index is 0.000000180. The Morgan fingerprint density at radius 1 is 0.556 bits per heavy atom. The smallest absolute Gasteiger partial charge is 0.0281 e. The van der Waals surface area contributed by atoms with Crippen molar-refractivity contribution in [3.63, 3.8) is 0 Å². The normalized spacial score (nSPS) is 9.44. The molecule has 0 atom stereocenters. The fraction of sp³-hybridized carbons (Fsp3) is 0.333. The maximum atomic E-state index is 2.20. The van der Waals surface area contributed by atoms with E-state index in [1.807, 2.05) is 0 Å². The van der Waals surface area contributed by atoms with Crippen LogP contribution in [0.25, 0.3) is 0 Å². The Morgan fingerprint density at radius 3 is 1.17 bits per heavy atom. The number of hydrogen-bond donors (Lipinski definition) is 0. The molecule has 0 saturated carbocycles. The molecule has 2 rings (SSSR count). The van der Waals surface area contributed by atoms with Gasteiger partial charge in [-0.3, -0.25) is 0 Å². The largest absolute Gasteiger partial charge is 0.0651 e. The molecule has 2 aromatic carbocycles. The Kier molecular flexibility index (Phi) is 7.63. The number of aryl methyl sites for hydroxylation is 2. The van der Waals surface area contributed by atoms with E-state index >= 15 is 0 Å². The van der Waals surface area contributed by atoms with Gasteiger partial charge in [0.15, 0.2) is 0 Å². The van der Waals surface area contributed by atoms with E-state index in [-0.39, 0.29) is 0 Å². The minimum absolute atomic E-state index is 1.21. The van der Waals surface area contributed by atoms with Crippen molar-refractivity contribution in [2.24, 2.45) is 0 Å². The van der Waals surface area contributed by atoms with Crippen molar-refractivity contribution in [2.45, 2.75) is 39.5 Å². The predicted octanol–water partition coefficient (Wildman–Crippen LogP) is 5.28. The van der Waals surface area contributed by atoms with Gasteiger partial charge >= 0.3 is 0 Å². The Hall–Kier alpha value is -1.56. The van der Waals surface area contributed by atoms with Crippen molar-refractivity contribution >= 4 is 0 Å². The van der Waals surface area contributed by atoms with Crippen molar-refractivity contribution in [1.29, 1.82) is 0 Å². The maximum Gasteiger partial charge on any atom is -0.0281 e. The van der Waals surface area contributed by atoms with Crippen molar-refractivity contribution < 1.29 is 0 Å². The summed E-state index contributed by atoms with van der Waals surface area (Å²) in [5.41, 5.74) is 2.89. The van der Waals surface area contributed by atoms with E-state index in [4.69, 9.17) is 0 Å². The fourth-order valence-electron chi connectivity index (χ4n) is 1.87. The average Bonchev–Trinajstić information content (AvgIpc) is 2.43. The predicted molar refractivity (Wildman–Crippen MR) is 80.9 cm³/mol. The highest BCUT2D eigenvalue weighted by Crippen LogP contribution is 2.01. The molecule has 0 radical (unpaired) electrons. The fourth-order valence-corrected chi connectivity index (χ4v) is 1.87. The molecule has 0 fully saturated rings. The molecule has 0 bridgehead atoms. The zero-order chi connectivity index (χ0) is 13.1. The lowest BCUT2D eigenvalue weighted by Gasteiger charge is -1.93. The maximum absolute atomic E-state index is 2.20. The molecular formula is C18H24. The van der Waals surface area contributed by atoms with Gasteiger partial charge < -0.3 is 0 Å². The van der Waals surface area contributed by atoms with Crippen LogP contribution >= 0.6 is 0 Å². The van der Waals surface area contributed by atoms with Gasteiger partial charge in [0, 0.05) is 0 Å². The van der Waals surface area contributed by atoms with Crippen LogP contribution in [0.4, 0.5) is 0 Å². The molecule has 0 unspecified atom stereocenters. The van der Waals surface area contributed by atoms with Gasteiger partial charge in [0.2, 0.25) is 0 Å². The third-order valence-electron chi connectivity index (χ3n) is 2.76. The van der Waals surface area contributed by atoms with Crippen molar-refractivity contribution in [3.8, 4) is 0 Å². The molecule has 0 aliphatic rings. The molecule has 18 heavy (non-hydrogen) atoms. The highest BCUT2D eigenvalue weighted by atomic mass is 13.9. The van der Waals surface area contributed by atoms with E-state index in [1.165, 1.54) is 36.8 Å². The number of benzene rings is 2. The Bertz CT molecular complexity index is 347. The first-order valence-electron chi connectivity index (χ1n) is 6.94. The second-order valence-electron chi connectivity index (χ2n) is 4.47. The SMILES string of the molecule is CCCc1ccccc1.CCCc1ccccc1. The van der Waals surface area contributed by atoms with Crippen LogP contribution in [0.3, 0.4) is 0 Å². The minimum Gasteiger partial charge on any atom is -0.0651 e. The van der Waals surface area contributed by atoms with E-state index in [0.29, 0.717) is 0 Å². The molecule has 0 N–H and O–H groups in total. The van der Waals surface area contributed by atoms with Crippen LogP contribution in [0.15, 0.2) is 60.7 Å². The Morgan fingerprint density at radius 2 is 0.889 bits per heavy atom. The van der Waals surface area contributed by atoms with Gasteiger partial charge in [-0.25, -0.2) is 0 Å². The number of hydrogen-bond acceptors (Lipinski definition) is 0. The quantitative estimate of drug-likeness (QED) is 0.682. The summed E-state index contributed by atoms with van der Waals surface area (Å²) in [6, 6.07) is 21.1. The van der Waals surface area contributed by atoms with Gasteiger partial charge in [0.1, 0.15) is 0 Å². The van der Waals surface area contributed by atoms with Crippen molar-refractivity contribution in [2.75, 3.05) is 0 Å². The first kappa shape index (κ1) is 14.5. The summed E-state index contributed by atoms with van der Waals surface area (Å²) in [5, 5.41) is 0. The van der Waals surface area contributed by atoms with Crippen molar-refractivity contribution in [3.05, 3.63) is 71.8 Å². The molecule has 96 valence electrons. The molecule has 0 heteroatoms. The molecule has 0 aliphatic heterocycles. The summed E-state index contributed by atoms with van der Waals surface area (Å²) in [6.45, 7) is 4.40. The van der Waals surface area contributed by atoms with Gasteiger partial charge in [-0.05, 0) is 24.0 Å². The van der Waals surface area contributed by atoms with E-state index in [1.54, 1.807) is 0 Å². The molecular weight excluding hydrogens is 216 g/mol. The summed E-state index contributed by atoms with van der Waals surface area (Å²) >= 11 is 0. The summed E-state index contributed by atoms with van der Waals surface area (Å²) in [7, 11) is 0. The van der Waals surface area contributed by atoms with Crippen LogP contribution in [0.2, 0.25) is 0 Å². The molecule has 0 aromatic heterocycles. The third kappa shape index (κ3) is 6.24. The van der Waals surface area contributed by atoms with E-state index < -0.39 is 0 Å². The van der Waals surface area contributed by atoms with Crippen LogP contribution in [0.1, 0.15) is 37.8 Å². The van der Waals surface area contributed by atoms with Crippen LogP contribution in [-0.4, -0.2) is 0 Å². The molecule has 0 saturated heterocycles. The van der Waals surface area contributed by atoms with Gasteiger partial charge in [-0.15, -0.1) is 0 Å². The van der Waals surface area contributed by atoms with Gasteiger partial charge in [-0.1, -0.05) is 87.4 Å². The van der Waals surface area contributed by atoms with E-state index in [0.717, 1.165) is 0 Å². The van der Waals surface area contributed by atoms with Crippen LogP contribution in [-0.2, 0) is 12.8 Å². The van der Waals surface area contributed by atoms with Crippen molar-refractivity contribution in [1.82, 2.24) is 0 Å². The molecule has 2 aromatic rings. The van der Waals surface area contributed by atoms with E-state index in [9.17, 15) is 0 Å². The standard InChI is InChI=1S/2C9H12/c2*1-2-6-9-7-4-3-5-8-9/h2*3-5,7-8H,2,6H2,1H3. The molecule has 0 spiro atoms. The summed E-state index contributed by atoms with van der Waals surface area (Å²) in [6.07, 6.45) is 4.90. The van der Waals surface area contributed by atoms with E-state index in [2.05, 4.69) is 74.5 Å². The second kappa shape index (κ2) is 9.47. The zero-order valence-corrected chi connectivity index (χ0v) is 11.6. The van der Waals surface area contributed by atoms with Crippen LogP contribution < -0.4 is 0 Å². The topological polar surface area (TPSA) is 0 Å². The lowest BCUT2D eigenvalue weighted by molar-refractivity contribution is 0.922. The minimum atomic E-state index is 1.21. The van der Waals surface area contributed by atoms with Gasteiger partial charge in [0.05, 0.1) is 0 Å². The molecule has 0 nitrogen and oxygen atoms in total. The lowest BCUT2D eigenvalue weighted by Crippen LogP contribution is -1.78. The first-order chi connectivity index (χ1) is 8.86. The lowest BCUT2D eigenvalue weighted by atomic mass is 10.1. The summed E-state index contributed by atoms with van der Waals surface area (Å²) in [4.78, 5) is 0. The number of rotatable bonds is 4. The molecule has 0 aliphatic carbocycles. The monoisotopic (exact) mass is 240 g/mol. The second-order valence-corrected chi connectivity index (χ2v) is 4.47. The van der Waals surface area contributed by atoms with Crippen LogP contribution in [0, 0.1) is 0 Å². The van der Waals surface area contributed by atoms with Crippen LogP contribution in [0.5, 0.6) is 0 Å². The molecule has 0 amide bonds. The Labute approximate surface area is 112 Å². The van der Waals surface area contributed by atoms with Gasteiger partial charge in [0.25, 0.3) is 0 Å². The summed E-state index contributed by atoms with van der Waals surface area (Å²) < 4.78 is 0. The summed E-state index contributed by atoms with van der Waals surface area (Å²) in [5.74, 6) is 0. The average molecular weight is 240 g/mol. The highest BCUT2D eigenvalue weighted by molar-refractivity contribution is 5.14. The van der Waals surface area contributed by atoms with Gasteiger partial charge in [-0.2, -0.15) is 0 Å². The molecule has 0 heterocycles.